The van der Waals surface area contributed by atoms with Crippen molar-refractivity contribution in [3.05, 3.63) is 24.3 Å². The van der Waals surface area contributed by atoms with Crippen molar-refractivity contribution in [2.24, 2.45) is 5.92 Å². The fourth-order valence-corrected chi connectivity index (χ4v) is 0.505. The Labute approximate surface area is 58.3 Å². The maximum absolute atomic E-state index is 3.94. The average molecular weight is 124 g/mol. The molecule has 0 aromatic rings. The summed E-state index contributed by atoms with van der Waals surface area (Å²) in [5.74, 6) is 0.626. The first-order valence-electron chi connectivity index (χ1n) is 3.47. The molecule has 0 nitrogen and oxygen atoms in total. The number of hydrogen-bond donors (Lipinski definition) is 0. The van der Waals surface area contributed by atoms with Gasteiger partial charge in [-0.2, -0.15) is 0 Å². The van der Waals surface area contributed by atoms with E-state index in [9.17, 15) is 0 Å². The van der Waals surface area contributed by atoms with Gasteiger partial charge in [-0.3, -0.25) is 0 Å². The summed E-state index contributed by atoms with van der Waals surface area (Å²) in [5, 5.41) is 0. The van der Waals surface area contributed by atoms with Crippen molar-refractivity contribution in [2.75, 3.05) is 0 Å². The molecule has 0 N–H and O–H groups in total. The SMILES string of the molecule is C=C(C/C=C/C)C(C)C. The molecule has 52 valence electrons. The first kappa shape index (κ1) is 8.48. The van der Waals surface area contributed by atoms with Gasteiger partial charge in [0.1, 0.15) is 0 Å². The molecule has 0 bridgehead atoms. The maximum atomic E-state index is 3.94. The third-order valence-corrected chi connectivity index (χ3v) is 1.43. The van der Waals surface area contributed by atoms with Crippen LogP contribution in [0.15, 0.2) is 24.3 Å². The first-order valence-corrected chi connectivity index (χ1v) is 3.47. The van der Waals surface area contributed by atoms with Gasteiger partial charge in [0.15, 0.2) is 0 Å². The van der Waals surface area contributed by atoms with Crippen molar-refractivity contribution < 1.29 is 0 Å². The van der Waals surface area contributed by atoms with Crippen molar-refractivity contribution in [3.63, 3.8) is 0 Å². The Morgan fingerprint density at radius 1 is 1.56 bits per heavy atom. The van der Waals surface area contributed by atoms with Crippen LogP contribution in [0.4, 0.5) is 0 Å². The lowest BCUT2D eigenvalue weighted by atomic mass is 10.0. The largest absolute Gasteiger partial charge is 0.0993 e. The van der Waals surface area contributed by atoms with Crippen LogP contribution in [0, 0.1) is 5.92 Å². The fraction of sp³-hybridized carbons (Fsp3) is 0.556. The summed E-state index contributed by atoms with van der Waals surface area (Å²) in [7, 11) is 0. The van der Waals surface area contributed by atoms with Gasteiger partial charge in [-0.15, -0.1) is 0 Å². The van der Waals surface area contributed by atoms with E-state index in [2.05, 4.69) is 32.6 Å². The second-order valence-electron chi connectivity index (χ2n) is 2.59. The van der Waals surface area contributed by atoms with E-state index in [1.54, 1.807) is 0 Å². The van der Waals surface area contributed by atoms with Crippen LogP contribution < -0.4 is 0 Å². The summed E-state index contributed by atoms with van der Waals surface area (Å²) in [6.07, 6.45) is 5.24. The highest BCUT2D eigenvalue weighted by Gasteiger charge is 1.94. The molecule has 0 unspecified atom stereocenters. The van der Waals surface area contributed by atoms with Gasteiger partial charge in [-0.1, -0.05) is 38.2 Å². The molecule has 0 atom stereocenters. The molecular formula is C9H16. The van der Waals surface area contributed by atoms with E-state index < -0.39 is 0 Å². The van der Waals surface area contributed by atoms with Crippen LogP contribution in [0.25, 0.3) is 0 Å². The number of hydrogen-bond acceptors (Lipinski definition) is 0. The molecule has 0 aliphatic carbocycles. The second-order valence-corrected chi connectivity index (χ2v) is 2.59. The summed E-state index contributed by atoms with van der Waals surface area (Å²) >= 11 is 0. The second kappa shape index (κ2) is 4.37. The molecule has 0 rings (SSSR count). The molecule has 0 amide bonds. The van der Waals surface area contributed by atoms with E-state index in [1.165, 1.54) is 5.57 Å². The molecule has 0 aliphatic rings. The highest BCUT2D eigenvalue weighted by Crippen LogP contribution is 2.10. The van der Waals surface area contributed by atoms with Crippen molar-refractivity contribution in [3.8, 4) is 0 Å². The molecule has 0 heteroatoms. The van der Waals surface area contributed by atoms with Gasteiger partial charge in [0.2, 0.25) is 0 Å². The summed E-state index contributed by atoms with van der Waals surface area (Å²) in [6.45, 7) is 10.3. The van der Waals surface area contributed by atoms with Gasteiger partial charge in [-0.05, 0) is 19.3 Å². The van der Waals surface area contributed by atoms with Crippen LogP contribution in [-0.2, 0) is 0 Å². The van der Waals surface area contributed by atoms with Crippen molar-refractivity contribution in [2.45, 2.75) is 27.2 Å². The molecule has 0 fully saturated rings. The van der Waals surface area contributed by atoms with E-state index in [0.717, 1.165) is 6.42 Å². The fourth-order valence-electron chi connectivity index (χ4n) is 0.505. The smallest absolute Gasteiger partial charge is 0.0139 e. The van der Waals surface area contributed by atoms with Gasteiger partial charge in [0.05, 0.1) is 0 Å². The monoisotopic (exact) mass is 124 g/mol. The standard InChI is InChI=1S/C9H16/c1-5-6-7-9(4)8(2)3/h5-6,8H,4,7H2,1-3H3/b6-5+. The van der Waals surface area contributed by atoms with Gasteiger partial charge in [0, 0.05) is 0 Å². The molecule has 0 saturated carbocycles. The van der Waals surface area contributed by atoms with Crippen molar-refractivity contribution in [1.82, 2.24) is 0 Å². The Bertz CT molecular complexity index is 107. The number of allylic oxidation sites excluding steroid dienone is 3. The predicted octanol–water partition coefficient (Wildman–Crippen LogP) is 3.16. The lowest BCUT2D eigenvalue weighted by Crippen LogP contribution is -1.89. The zero-order chi connectivity index (χ0) is 7.28. The molecule has 0 aromatic heterocycles. The first-order chi connectivity index (χ1) is 4.18. The van der Waals surface area contributed by atoms with Gasteiger partial charge in [0.25, 0.3) is 0 Å². The zero-order valence-electron chi connectivity index (χ0n) is 6.65. The van der Waals surface area contributed by atoms with E-state index in [0.29, 0.717) is 5.92 Å². The molecule has 9 heavy (non-hydrogen) atoms. The third kappa shape index (κ3) is 4.01. The highest BCUT2D eigenvalue weighted by molar-refractivity contribution is 5.03. The number of rotatable bonds is 3. The van der Waals surface area contributed by atoms with E-state index in [4.69, 9.17) is 0 Å². The summed E-state index contributed by atoms with van der Waals surface area (Å²) in [4.78, 5) is 0. The van der Waals surface area contributed by atoms with Gasteiger partial charge >= 0.3 is 0 Å². The van der Waals surface area contributed by atoms with Gasteiger partial charge in [-0.25, -0.2) is 0 Å². The highest BCUT2D eigenvalue weighted by atomic mass is 14.0. The minimum Gasteiger partial charge on any atom is -0.0993 e. The molecule has 0 aromatic carbocycles. The predicted molar refractivity (Wildman–Crippen MR) is 43.4 cm³/mol. The van der Waals surface area contributed by atoms with Crippen LogP contribution in [0.5, 0.6) is 0 Å². The minimum absolute atomic E-state index is 0.626. The Morgan fingerprint density at radius 2 is 2.11 bits per heavy atom. The molecule has 0 spiro atoms. The molecule has 0 saturated heterocycles. The molecule has 0 heterocycles. The van der Waals surface area contributed by atoms with Crippen LogP contribution in [-0.4, -0.2) is 0 Å². The van der Waals surface area contributed by atoms with E-state index in [-0.39, 0.29) is 0 Å². The van der Waals surface area contributed by atoms with E-state index in [1.807, 2.05) is 6.92 Å². The Kier molecular flexibility index (Phi) is 4.12. The summed E-state index contributed by atoms with van der Waals surface area (Å²) in [5.41, 5.74) is 1.31. The van der Waals surface area contributed by atoms with Gasteiger partial charge < -0.3 is 0 Å². The lowest BCUT2D eigenvalue weighted by molar-refractivity contribution is 0.751. The molecule has 0 radical (unpaired) electrons. The lowest BCUT2D eigenvalue weighted by Gasteiger charge is -2.04. The third-order valence-electron chi connectivity index (χ3n) is 1.43. The van der Waals surface area contributed by atoms with Crippen LogP contribution in [0.3, 0.4) is 0 Å². The normalized spacial score (nSPS) is 11.1. The molecular weight excluding hydrogens is 108 g/mol. The van der Waals surface area contributed by atoms with E-state index >= 15 is 0 Å². The molecule has 0 aliphatic heterocycles. The van der Waals surface area contributed by atoms with Crippen LogP contribution in [0.2, 0.25) is 0 Å². The Hall–Kier alpha value is -0.520. The quantitative estimate of drug-likeness (QED) is 0.507. The van der Waals surface area contributed by atoms with Crippen LogP contribution in [0.1, 0.15) is 27.2 Å². The zero-order valence-corrected chi connectivity index (χ0v) is 6.65. The van der Waals surface area contributed by atoms with Crippen molar-refractivity contribution >= 4 is 0 Å². The average Bonchev–Trinajstić information content (AvgIpc) is 1.82. The topological polar surface area (TPSA) is 0 Å². The Balaban J connectivity index is 3.51. The van der Waals surface area contributed by atoms with Crippen LogP contribution >= 0.6 is 0 Å². The van der Waals surface area contributed by atoms with Crippen molar-refractivity contribution in [1.29, 1.82) is 0 Å². The summed E-state index contributed by atoms with van der Waals surface area (Å²) < 4.78 is 0. The minimum atomic E-state index is 0.626. The Morgan fingerprint density at radius 3 is 2.44 bits per heavy atom. The summed E-state index contributed by atoms with van der Waals surface area (Å²) in [6, 6.07) is 0. The maximum Gasteiger partial charge on any atom is -0.0139 e.